The van der Waals surface area contributed by atoms with Crippen LogP contribution in [0.2, 0.25) is 0 Å². The summed E-state index contributed by atoms with van der Waals surface area (Å²) in [5.74, 6) is 0. The Morgan fingerprint density at radius 3 is 2.27 bits per heavy atom. The second-order valence-corrected chi connectivity index (χ2v) is 4.03. The van der Waals surface area contributed by atoms with E-state index in [-0.39, 0.29) is 5.60 Å². The summed E-state index contributed by atoms with van der Waals surface area (Å²) < 4.78 is 10.9. The average Bonchev–Trinajstić information content (AvgIpc) is 2.60. The minimum Gasteiger partial charge on any atom is -0.376 e. The summed E-state index contributed by atoms with van der Waals surface area (Å²) in [4.78, 5) is 0. The fraction of sp³-hybridized carbons (Fsp3) is 1.00. The summed E-state index contributed by atoms with van der Waals surface area (Å²) in [7, 11) is 0. The van der Waals surface area contributed by atoms with Crippen LogP contribution in [0.5, 0.6) is 0 Å². The van der Waals surface area contributed by atoms with Gasteiger partial charge in [-0.1, -0.05) is 0 Å². The molecule has 1 aliphatic carbocycles. The van der Waals surface area contributed by atoms with Crippen LogP contribution in [0.1, 0.15) is 33.6 Å². The molecule has 0 spiro atoms. The number of hydrogen-bond donors (Lipinski definition) is 0. The predicted molar refractivity (Wildman–Crippen MR) is 44.7 cm³/mol. The molecule has 2 heteroatoms. The smallest absolute Gasteiger partial charge is 0.0707 e. The van der Waals surface area contributed by atoms with E-state index in [0.717, 1.165) is 13.2 Å². The van der Waals surface area contributed by atoms with Crippen LogP contribution in [0.15, 0.2) is 0 Å². The molecule has 0 atom stereocenters. The molecule has 0 aromatic rings. The lowest BCUT2D eigenvalue weighted by molar-refractivity contribution is -0.0377. The van der Waals surface area contributed by atoms with E-state index in [1.165, 1.54) is 12.8 Å². The van der Waals surface area contributed by atoms with Crippen molar-refractivity contribution in [1.82, 2.24) is 0 Å². The Morgan fingerprint density at radius 2 is 1.82 bits per heavy atom. The standard InChI is InChI=1S/C9H18O2/c1-9(2,3)11-7-6-10-8-4-5-8/h8H,4-7H2,1-3H3. The van der Waals surface area contributed by atoms with Crippen LogP contribution in [-0.4, -0.2) is 24.9 Å². The molecule has 0 unspecified atom stereocenters. The van der Waals surface area contributed by atoms with Crippen molar-refractivity contribution < 1.29 is 9.47 Å². The van der Waals surface area contributed by atoms with Crippen molar-refractivity contribution >= 4 is 0 Å². The summed E-state index contributed by atoms with van der Waals surface area (Å²) in [6, 6.07) is 0. The van der Waals surface area contributed by atoms with E-state index in [0.29, 0.717) is 6.10 Å². The van der Waals surface area contributed by atoms with Crippen molar-refractivity contribution in [3.8, 4) is 0 Å². The molecule has 2 nitrogen and oxygen atoms in total. The van der Waals surface area contributed by atoms with Crippen LogP contribution in [0, 0.1) is 0 Å². The maximum atomic E-state index is 5.48. The van der Waals surface area contributed by atoms with Gasteiger partial charge in [0.2, 0.25) is 0 Å². The van der Waals surface area contributed by atoms with Gasteiger partial charge in [0.15, 0.2) is 0 Å². The Kier molecular flexibility index (Phi) is 2.90. The molecule has 1 saturated carbocycles. The first-order valence-electron chi connectivity index (χ1n) is 4.33. The lowest BCUT2D eigenvalue weighted by Crippen LogP contribution is -2.22. The van der Waals surface area contributed by atoms with Gasteiger partial charge in [-0.3, -0.25) is 0 Å². The zero-order valence-corrected chi connectivity index (χ0v) is 7.72. The lowest BCUT2D eigenvalue weighted by Gasteiger charge is -2.19. The summed E-state index contributed by atoms with van der Waals surface area (Å²) >= 11 is 0. The molecule has 0 aromatic carbocycles. The van der Waals surface area contributed by atoms with Gasteiger partial charge in [-0.25, -0.2) is 0 Å². The summed E-state index contributed by atoms with van der Waals surface area (Å²) in [6.45, 7) is 7.65. The number of rotatable bonds is 4. The first kappa shape index (κ1) is 9.01. The molecular weight excluding hydrogens is 140 g/mol. The van der Waals surface area contributed by atoms with Gasteiger partial charge >= 0.3 is 0 Å². The van der Waals surface area contributed by atoms with Crippen LogP contribution >= 0.6 is 0 Å². The Hall–Kier alpha value is -0.0800. The van der Waals surface area contributed by atoms with Crippen molar-refractivity contribution in [2.45, 2.75) is 45.3 Å². The van der Waals surface area contributed by atoms with E-state index in [1.54, 1.807) is 0 Å². The normalized spacial score (nSPS) is 18.8. The molecule has 0 heterocycles. The molecule has 0 amide bonds. The molecule has 0 bridgehead atoms. The Labute approximate surface area is 68.9 Å². The molecule has 1 fully saturated rings. The molecule has 11 heavy (non-hydrogen) atoms. The molecular formula is C9H18O2. The van der Waals surface area contributed by atoms with Crippen LogP contribution in [-0.2, 0) is 9.47 Å². The SMILES string of the molecule is CC(C)(C)OCCOC1CC1. The van der Waals surface area contributed by atoms with E-state index in [1.807, 2.05) is 0 Å². The minimum absolute atomic E-state index is 0.0209. The summed E-state index contributed by atoms with van der Waals surface area (Å²) in [6.07, 6.45) is 3.05. The van der Waals surface area contributed by atoms with Crippen molar-refractivity contribution in [1.29, 1.82) is 0 Å². The Morgan fingerprint density at radius 1 is 1.18 bits per heavy atom. The average molecular weight is 158 g/mol. The van der Waals surface area contributed by atoms with Crippen molar-refractivity contribution in [2.24, 2.45) is 0 Å². The summed E-state index contributed by atoms with van der Waals surface area (Å²) in [5, 5.41) is 0. The third-order valence-corrected chi connectivity index (χ3v) is 1.50. The van der Waals surface area contributed by atoms with Gasteiger partial charge in [-0.2, -0.15) is 0 Å². The molecule has 0 aromatic heterocycles. The minimum atomic E-state index is -0.0209. The highest BCUT2D eigenvalue weighted by molar-refractivity contribution is 4.72. The molecule has 1 aliphatic rings. The van der Waals surface area contributed by atoms with Crippen LogP contribution in [0.25, 0.3) is 0 Å². The molecule has 0 aliphatic heterocycles. The van der Waals surface area contributed by atoms with Gasteiger partial charge in [0.25, 0.3) is 0 Å². The third kappa shape index (κ3) is 5.22. The fourth-order valence-corrected chi connectivity index (χ4v) is 0.797. The maximum Gasteiger partial charge on any atom is 0.0707 e. The third-order valence-electron chi connectivity index (χ3n) is 1.50. The number of hydrogen-bond acceptors (Lipinski definition) is 2. The lowest BCUT2D eigenvalue weighted by atomic mass is 10.2. The van der Waals surface area contributed by atoms with E-state index < -0.39 is 0 Å². The van der Waals surface area contributed by atoms with Crippen LogP contribution < -0.4 is 0 Å². The van der Waals surface area contributed by atoms with Crippen LogP contribution in [0.4, 0.5) is 0 Å². The molecule has 1 rings (SSSR count). The van der Waals surface area contributed by atoms with Gasteiger partial charge in [0.05, 0.1) is 24.9 Å². The highest BCUT2D eigenvalue weighted by Crippen LogP contribution is 2.23. The van der Waals surface area contributed by atoms with E-state index >= 15 is 0 Å². The zero-order chi connectivity index (χ0) is 8.32. The quantitative estimate of drug-likeness (QED) is 0.582. The monoisotopic (exact) mass is 158 g/mol. The van der Waals surface area contributed by atoms with E-state index in [4.69, 9.17) is 9.47 Å². The van der Waals surface area contributed by atoms with Gasteiger partial charge in [-0.05, 0) is 33.6 Å². The topological polar surface area (TPSA) is 18.5 Å². The largest absolute Gasteiger partial charge is 0.376 e. The first-order valence-corrected chi connectivity index (χ1v) is 4.33. The van der Waals surface area contributed by atoms with Crippen molar-refractivity contribution in [2.75, 3.05) is 13.2 Å². The maximum absolute atomic E-state index is 5.48. The first-order chi connectivity index (χ1) is 5.08. The Bertz CT molecular complexity index is 111. The second-order valence-electron chi connectivity index (χ2n) is 4.03. The highest BCUT2D eigenvalue weighted by Gasteiger charge is 2.21. The fourth-order valence-electron chi connectivity index (χ4n) is 0.797. The van der Waals surface area contributed by atoms with Crippen LogP contribution in [0.3, 0.4) is 0 Å². The molecule has 66 valence electrons. The second kappa shape index (κ2) is 3.55. The van der Waals surface area contributed by atoms with Crippen molar-refractivity contribution in [3.63, 3.8) is 0 Å². The summed E-state index contributed by atoms with van der Waals surface area (Å²) in [5.41, 5.74) is -0.0209. The predicted octanol–water partition coefficient (Wildman–Crippen LogP) is 1.98. The van der Waals surface area contributed by atoms with Gasteiger partial charge in [0, 0.05) is 0 Å². The Balaban J connectivity index is 1.87. The van der Waals surface area contributed by atoms with Gasteiger partial charge in [-0.15, -0.1) is 0 Å². The highest BCUT2D eigenvalue weighted by atomic mass is 16.5. The van der Waals surface area contributed by atoms with Crippen molar-refractivity contribution in [3.05, 3.63) is 0 Å². The number of ether oxygens (including phenoxy) is 2. The molecule has 0 saturated heterocycles. The van der Waals surface area contributed by atoms with E-state index in [2.05, 4.69) is 20.8 Å². The molecule has 0 radical (unpaired) electrons. The molecule has 0 N–H and O–H groups in total. The zero-order valence-electron chi connectivity index (χ0n) is 7.72. The van der Waals surface area contributed by atoms with E-state index in [9.17, 15) is 0 Å². The van der Waals surface area contributed by atoms with Gasteiger partial charge < -0.3 is 9.47 Å². The van der Waals surface area contributed by atoms with Gasteiger partial charge in [0.1, 0.15) is 0 Å².